The Labute approximate surface area is 107 Å². The molecule has 0 aliphatic carbocycles. The van der Waals surface area contributed by atoms with Crippen LogP contribution in [0.2, 0.25) is 0 Å². The van der Waals surface area contributed by atoms with Gasteiger partial charge >= 0.3 is 0 Å². The van der Waals surface area contributed by atoms with Crippen molar-refractivity contribution in [2.75, 3.05) is 24.5 Å². The van der Waals surface area contributed by atoms with Crippen LogP contribution in [0.3, 0.4) is 0 Å². The smallest absolute Gasteiger partial charge is 0.252 e. The molecule has 1 unspecified atom stereocenters. The molecular formula is C13H19N3O2. The SMILES string of the molecule is CCNC(=O)c1ccc(N2CCC(C)(O)C2)nc1. The zero-order chi connectivity index (χ0) is 13.2. The molecule has 1 aliphatic rings. The Morgan fingerprint density at radius 3 is 2.89 bits per heavy atom. The predicted molar refractivity (Wildman–Crippen MR) is 69.7 cm³/mol. The highest BCUT2D eigenvalue weighted by Crippen LogP contribution is 2.24. The highest BCUT2D eigenvalue weighted by molar-refractivity contribution is 5.93. The lowest BCUT2D eigenvalue weighted by Crippen LogP contribution is -2.30. The van der Waals surface area contributed by atoms with Crippen LogP contribution in [0.1, 0.15) is 30.6 Å². The minimum Gasteiger partial charge on any atom is -0.388 e. The molecule has 0 radical (unpaired) electrons. The third-order valence-corrected chi connectivity index (χ3v) is 3.12. The van der Waals surface area contributed by atoms with Crippen molar-refractivity contribution < 1.29 is 9.90 Å². The second kappa shape index (κ2) is 4.94. The predicted octanol–water partition coefficient (Wildman–Crippen LogP) is 0.792. The molecule has 2 heterocycles. The lowest BCUT2D eigenvalue weighted by atomic mass is 10.1. The summed E-state index contributed by atoms with van der Waals surface area (Å²) in [5.41, 5.74) is -0.0773. The van der Waals surface area contributed by atoms with E-state index in [0.717, 1.165) is 18.8 Å². The summed E-state index contributed by atoms with van der Waals surface area (Å²) < 4.78 is 0. The Morgan fingerprint density at radius 1 is 1.61 bits per heavy atom. The van der Waals surface area contributed by atoms with Crippen LogP contribution in [-0.2, 0) is 0 Å². The summed E-state index contributed by atoms with van der Waals surface area (Å²) in [6.07, 6.45) is 2.32. The van der Waals surface area contributed by atoms with E-state index in [2.05, 4.69) is 10.3 Å². The molecular weight excluding hydrogens is 230 g/mol. The molecule has 1 aliphatic heterocycles. The number of hydrogen-bond donors (Lipinski definition) is 2. The molecule has 1 amide bonds. The third-order valence-electron chi connectivity index (χ3n) is 3.12. The van der Waals surface area contributed by atoms with Gasteiger partial charge in [-0.25, -0.2) is 4.98 Å². The molecule has 2 N–H and O–H groups in total. The minimum absolute atomic E-state index is 0.107. The maximum atomic E-state index is 11.6. The van der Waals surface area contributed by atoms with Crippen molar-refractivity contribution in [2.24, 2.45) is 0 Å². The highest BCUT2D eigenvalue weighted by Gasteiger charge is 2.31. The number of nitrogens with zero attached hydrogens (tertiary/aromatic N) is 2. The van der Waals surface area contributed by atoms with Gasteiger partial charge in [0.1, 0.15) is 5.82 Å². The van der Waals surface area contributed by atoms with E-state index in [-0.39, 0.29) is 5.91 Å². The molecule has 0 aromatic carbocycles. The van der Waals surface area contributed by atoms with Crippen LogP contribution in [0.4, 0.5) is 5.82 Å². The Balaban J connectivity index is 2.06. The highest BCUT2D eigenvalue weighted by atomic mass is 16.3. The van der Waals surface area contributed by atoms with Crippen LogP contribution in [0.25, 0.3) is 0 Å². The van der Waals surface area contributed by atoms with Crippen molar-refractivity contribution in [3.8, 4) is 0 Å². The van der Waals surface area contributed by atoms with Gasteiger partial charge < -0.3 is 15.3 Å². The number of hydrogen-bond acceptors (Lipinski definition) is 4. The average molecular weight is 249 g/mol. The van der Waals surface area contributed by atoms with Gasteiger partial charge in [0.2, 0.25) is 0 Å². The van der Waals surface area contributed by atoms with Crippen LogP contribution < -0.4 is 10.2 Å². The van der Waals surface area contributed by atoms with Crippen LogP contribution >= 0.6 is 0 Å². The Hall–Kier alpha value is -1.62. The van der Waals surface area contributed by atoms with Crippen LogP contribution in [0.5, 0.6) is 0 Å². The number of aliphatic hydroxyl groups is 1. The van der Waals surface area contributed by atoms with E-state index < -0.39 is 5.60 Å². The average Bonchev–Trinajstić information content (AvgIpc) is 2.70. The standard InChI is InChI=1S/C13H19N3O2/c1-3-14-12(17)10-4-5-11(15-8-10)16-7-6-13(2,18)9-16/h4-5,8,18H,3,6-7,9H2,1-2H3,(H,14,17). The number of aromatic nitrogens is 1. The molecule has 5 nitrogen and oxygen atoms in total. The van der Waals surface area contributed by atoms with E-state index in [1.165, 1.54) is 0 Å². The van der Waals surface area contributed by atoms with Crippen molar-refractivity contribution >= 4 is 11.7 Å². The summed E-state index contributed by atoms with van der Waals surface area (Å²) in [6.45, 7) is 5.69. The molecule has 5 heteroatoms. The third kappa shape index (κ3) is 2.79. The van der Waals surface area contributed by atoms with E-state index in [4.69, 9.17) is 0 Å². The molecule has 1 aromatic rings. The van der Waals surface area contributed by atoms with E-state index in [0.29, 0.717) is 18.7 Å². The number of nitrogens with one attached hydrogen (secondary N) is 1. The summed E-state index contributed by atoms with van der Waals surface area (Å²) >= 11 is 0. The van der Waals surface area contributed by atoms with Gasteiger partial charge in [0.25, 0.3) is 5.91 Å². The minimum atomic E-state index is -0.639. The molecule has 1 saturated heterocycles. The fourth-order valence-corrected chi connectivity index (χ4v) is 2.11. The molecule has 0 bridgehead atoms. The summed E-state index contributed by atoms with van der Waals surface area (Å²) in [5, 5.41) is 12.6. The molecule has 0 saturated carbocycles. The van der Waals surface area contributed by atoms with Crippen molar-refractivity contribution in [1.82, 2.24) is 10.3 Å². The monoisotopic (exact) mass is 249 g/mol. The molecule has 2 rings (SSSR count). The first-order valence-corrected chi connectivity index (χ1v) is 6.23. The van der Waals surface area contributed by atoms with Gasteiger partial charge in [0.05, 0.1) is 11.2 Å². The molecule has 0 spiro atoms. The van der Waals surface area contributed by atoms with Gasteiger partial charge in [-0.1, -0.05) is 0 Å². The largest absolute Gasteiger partial charge is 0.388 e. The fourth-order valence-electron chi connectivity index (χ4n) is 2.11. The van der Waals surface area contributed by atoms with E-state index in [9.17, 15) is 9.90 Å². The van der Waals surface area contributed by atoms with Gasteiger partial charge in [-0.2, -0.15) is 0 Å². The van der Waals surface area contributed by atoms with Crippen LogP contribution in [0.15, 0.2) is 18.3 Å². The number of β-amino-alcohol motifs (C(OH)–C–C–N with tert-alkyl or cyclic N) is 1. The number of rotatable bonds is 3. The molecule has 1 atom stereocenters. The first-order chi connectivity index (χ1) is 8.52. The van der Waals surface area contributed by atoms with Gasteiger partial charge in [-0.3, -0.25) is 4.79 Å². The van der Waals surface area contributed by atoms with Gasteiger partial charge in [-0.05, 0) is 32.4 Å². The topological polar surface area (TPSA) is 65.5 Å². The maximum absolute atomic E-state index is 11.6. The van der Waals surface area contributed by atoms with Gasteiger partial charge in [0.15, 0.2) is 0 Å². The van der Waals surface area contributed by atoms with E-state index >= 15 is 0 Å². The number of anilines is 1. The second-order valence-corrected chi connectivity index (χ2v) is 4.93. The van der Waals surface area contributed by atoms with E-state index in [1.54, 1.807) is 12.3 Å². The molecule has 98 valence electrons. The summed E-state index contributed by atoms with van der Waals surface area (Å²) in [6, 6.07) is 3.59. The molecule has 1 aromatic heterocycles. The summed E-state index contributed by atoms with van der Waals surface area (Å²) in [5.74, 6) is 0.700. The number of pyridine rings is 1. The maximum Gasteiger partial charge on any atom is 0.252 e. The van der Waals surface area contributed by atoms with Crippen molar-refractivity contribution in [3.63, 3.8) is 0 Å². The van der Waals surface area contributed by atoms with Gasteiger partial charge in [0, 0.05) is 25.8 Å². The first kappa shape index (κ1) is 12.8. The molecule has 1 fully saturated rings. The first-order valence-electron chi connectivity index (χ1n) is 6.23. The molecule has 18 heavy (non-hydrogen) atoms. The second-order valence-electron chi connectivity index (χ2n) is 4.93. The Kier molecular flexibility index (Phi) is 3.52. The van der Waals surface area contributed by atoms with Crippen LogP contribution in [-0.4, -0.2) is 41.2 Å². The number of carbonyl (C=O) groups is 1. The summed E-state index contributed by atoms with van der Waals surface area (Å²) in [7, 11) is 0. The van der Waals surface area contributed by atoms with Crippen molar-refractivity contribution in [3.05, 3.63) is 23.9 Å². The number of carbonyl (C=O) groups excluding carboxylic acids is 1. The zero-order valence-electron chi connectivity index (χ0n) is 10.8. The van der Waals surface area contributed by atoms with Crippen molar-refractivity contribution in [2.45, 2.75) is 25.9 Å². The lowest BCUT2D eigenvalue weighted by Gasteiger charge is -2.19. The Morgan fingerprint density at radius 2 is 2.39 bits per heavy atom. The summed E-state index contributed by atoms with van der Waals surface area (Å²) in [4.78, 5) is 17.9. The van der Waals surface area contributed by atoms with Crippen molar-refractivity contribution in [1.29, 1.82) is 0 Å². The fraction of sp³-hybridized carbons (Fsp3) is 0.538. The van der Waals surface area contributed by atoms with Gasteiger partial charge in [-0.15, -0.1) is 0 Å². The zero-order valence-corrected chi connectivity index (χ0v) is 10.8. The number of amides is 1. The normalized spacial score (nSPS) is 23.2. The lowest BCUT2D eigenvalue weighted by molar-refractivity contribution is 0.0838. The van der Waals surface area contributed by atoms with E-state index in [1.807, 2.05) is 24.8 Å². The van der Waals surface area contributed by atoms with Crippen LogP contribution in [0, 0.1) is 0 Å². The quantitative estimate of drug-likeness (QED) is 0.831. The Bertz CT molecular complexity index is 428.